The number of halogens is 1. The summed E-state index contributed by atoms with van der Waals surface area (Å²) in [6, 6.07) is 20.9. The summed E-state index contributed by atoms with van der Waals surface area (Å²) in [5.41, 5.74) is 3.31. The normalized spacial score (nSPS) is 11.5. The number of thioether (sulfide) groups is 1. The summed E-state index contributed by atoms with van der Waals surface area (Å²) >= 11 is 4.58. The zero-order valence-corrected chi connectivity index (χ0v) is 19.4. The average Bonchev–Trinajstić information content (AvgIpc) is 3.21. The number of H-pyrrole nitrogens is 1. The standard InChI is InChI=1S/C24H19BrN2O4S/c1-30-20-11-16(17(25)13-21(20)31-14-15-7-3-2-4-8-15)12-22(23(28)29)32-24-26-18-9-5-6-10-19(18)27-24/h2-13H,14H2,1H3,(H,26,27)(H,28,29)/b22-12-. The average molecular weight is 511 g/mol. The molecule has 0 aliphatic heterocycles. The second-order valence-corrected chi connectivity index (χ2v) is 8.66. The van der Waals surface area contributed by atoms with Gasteiger partial charge in [-0.05, 0) is 53.2 Å². The third-order valence-corrected chi connectivity index (χ3v) is 6.18. The van der Waals surface area contributed by atoms with Crippen LogP contribution in [0.25, 0.3) is 17.1 Å². The molecule has 0 atom stereocenters. The van der Waals surface area contributed by atoms with Gasteiger partial charge in [0, 0.05) is 4.47 Å². The van der Waals surface area contributed by atoms with Gasteiger partial charge in [-0.2, -0.15) is 0 Å². The molecule has 1 aromatic heterocycles. The molecule has 2 N–H and O–H groups in total. The number of rotatable bonds is 8. The number of nitrogens with one attached hydrogen (secondary N) is 1. The molecule has 0 amide bonds. The van der Waals surface area contributed by atoms with Crippen molar-refractivity contribution in [1.82, 2.24) is 9.97 Å². The molecule has 162 valence electrons. The Balaban J connectivity index is 1.60. The maximum atomic E-state index is 11.9. The number of carboxylic acid groups (broad SMARTS) is 1. The summed E-state index contributed by atoms with van der Waals surface area (Å²) in [5.74, 6) is 0.0155. The van der Waals surface area contributed by atoms with E-state index in [0.717, 1.165) is 28.4 Å². The first kappa shape index (κ1) is 22.0. The minimum absolute atomic E-state index is 0.116. The van der Waals surface area contributed by atoms with E-state index in [1.165, 1.54) is 0 Å². The SMILES string of the molecule is COc1cc(/C=C(\Sc2nc3ccccc3[nH]2)C(=O)O)c(Br)cc1OCc1ccccc1. The van der Waals surface area contributed by atoms with Gasteiger partial charge in [0.15, 0.2) is 16.7 Å². The summed E-state index contributed by atoms with van der Waals surface area (Å²) in [6.45, 7) is 0.390. The van der Waals surface area contributed by atoms with Gasteiger partial charge in [-0.25, -0.2) is 9.78 Å². The number of aromatic amines is 1. The second kappa shape index (κ2) is 9.93. The number of hydrogen-bond donors (Lipinski definition) is 2. The molecular weight excluding hydrogens is 492 g/mol. The summed E-state index contributed by atoms with van der Waals surface area (Å²) in [6.07, 6.45) is 1.58. The maximum Gasteiger partial charge on any atom is 0.342 e. The lowest BCUT2D eigenvalue weighted by Crippen LogP contribution is -2.00. The van der Waals surface area contributed by atoms with Crippen LogP contribution in [0.15, 0.2) is 81.3 Å². The Labute approximate surface area is 197 Å². The van der Waals surface area contributed by atoms with Gasteiger partial charge in [0.05, 0.1) is 18.1 Å². The van der Waals surface area contributed by atoms with E-state index in [0.29, 0.717) is 33.3 Å². The molecule has 8 heteroatoms. The molecular formula is C24H19BrN2O4S. The number of benzene rings is 3. The van der Waals surface area contributed by atoms with Crippen LogP contribution in [0.2, 0.25) is 0 Å². The number of imidazole rings is 1. The van der Waals surface area contributed by atoms with E-state index in [1.54, 1.807) is 25.3 Å². The topological polar surface area (TPSA) is 84.4 Å². The Morgan fingerprint density at radius 3 is 2.59 bits per heavy atom. The van der Waals surface area contributed by atoms with E-state index in [9.17, 15) is 9.90 Å². The van der Waals surface area contributed by atoms with Gasteiger partial charge in [-0.3, -0.25) is 0 Å². The number of aliphatic carboxylic acids is 1. The highest BCUT2D eigenvalue weighted by molar-refractivity contribution is 9.10. The molecule has 0 saturated carbocycles. The molecule has 0 aliphatic rings. The van der Waals surface area contributed by atoms with E-state index in [2.05, 4.69) is 25.9 Å². The zero-order chi connectivity index (χ0) is 22.5. The molecule has 1 heterocycles. The largest absolute Gasteiger partial charge is 0.493 e. The predicted octanol–water partition coefficient (Wildman–Crippen LogP) is 6.13. The summed E-state index contributed by atoms with van der Waals surface area (Å²) in [4.78, 5) is 19.6. The maximum absolute atomic E-state index is 11.9. The lowest BCUT2D eigenvalue weighted by molar-refractivity contribution is -0.131. The van der Waals surface area contributed by atoms with E-state index in [-0.39, 0.29) is 4.91 Å². The fourth-order valence-corrected chi connectivity index (χ4v) is 4.25. The van der Waals surface area contributed by atoms with Gasteiger partial charge < -0.3 is 19.6 Å². The fourth-order valence-electron chi connectivity index (χ4n) is 3.03. The van der Waals surface area contributed by atoms with Gasteiger partial charge in [0.2, 0.25) is 0 Å². The molecule has 4 rings (SSSR count). The molecule has 0 spiro atoms. The molecule has 0 unspecified atom stereocenters. The first-order chi connectivity index (χ1) is 15.5. The number of hydrogen-bond acceptors (Lipinski definition) is 5. The summed E-state index contributed by atoms with van der Waals surface area (Å²) in [5, 5.41) is 10.3. The highest BCUT2D eigenvalue weighted by Crippen LogP contribution is 2.37. The van der Waals surface area contributed by atoms with Gasteiger partial charge in [-0.1, -0.05) is 58.4 Å². The zero-order valence-electron chi connectivity index (χ0n) is 17.0. The van der Waals surface area contributed by atoms with Crippen molar-refractivity contribution >= 4 is 50.8 Å². The third-order valence-electron chi connectivity index (χ3n) is 4.59. The van der Waals surface area contributed by atoms with Crippen LogP contribution in [0.3, 0.4) is 0 Å². The highest BCUT2D eigenvalue weighted by Gasteiger charge is 2.16. The van der Waals surface area contributed by atoms with Crippen molar-refractivity contribution in [2.75, 3.05) is 7.11 Å². The van der Waals surface area contributed by atoms with Crippen LogP contribution in [0.4, 0.5) is 0 Å². The Morgan fingerprint density at radius 2 is 1.88 bits per heavy atom. The molecule has 4 aromatic rings. The lowest BCUT2D eigenvalue weighted by Gasteiger charge is -2.13. The van der Waals surface area contributed by atoms with Crippen LogP contribution in [0.1, 0.15) is 11.1 Å². The molecule has 0 saturated heterocycles. The smallest absolute Gasteiger partial charge is 0.342 e. The minimum Gasteiger partial charge on any atom is -0.493 e. The van der Waals surface area contributed by atoms with Crippen molar-refractivity contribution in [3.63, 3.8) is 0 Å². The summed E-state index contributed by atoms with van der Waals surface area (Å²) < 4.78 is 12.1. The van der Waals surface area contributed by atoms with Crippen molar-refractivity contribution in [3.8, 4) is 11.5 Å². The number of aromatic nitrogens is 2. The molecule has 0 radical (unpaired) electrons. The van der Waals surface area contributed by atoms with Crippen molar-refractivity contribution in [3.05, 3.63) is 87.2 Å². The Kier molecular flexibility index (Phi) is 6.82. The van der Waals surface area contributed by atoms with Gasteiger partial charge in [-0.15, -0.1) is 0 Å². The molecule has 0 aliphatic carbocycles. The molecule has 3 aromatic carbocycles. The Morgan fingerprint density at radius 1 is 1.12 bits per heavy atom. The highest BCUT2D eigenvalue weighted by atomic mass is 79.9. The minimum atomic E-state index is -1.05. The van der Waals surface area contributed by atoms with Crippen LogP contribution in [0, 0.1) is 0 Å². The van der Waals surface area contributed by atoms with E-state index < -0.39 is 5.97 Å². The Bertz CT molecular complexity index is 1250. The molecule has 0 bridgehead atoms. The first-order valence-corrected chi connectivity index (χ1v) is 11.3. The quantitative estimate of drug-likeness (QED) is 0.219. The predicted molar refractivity (Wildman–Crippen MR) is 129 cm³/mol. The van der Waals surface area contributed by atoms with Crippen LogP contribution in [0.5, 0.6) is 11.5 Å². The number of fused-ring (bicyclic) bond motifs is 1. The lowest BCUT2D eigenvalue weighted by atomic mass is 10.2. The fraction of sp³-hybridized carbons (Fsp3) is 0.0833. The number of carboxylic acids is 1. The first-order valence-electron chi connectivity index (χ1n) is 9.65. The van der Waals surface area contributed by atoms with Crippen molar-refractivity contribution in [1.29, 1.82) is 0 Å². The van der Waals surface area contributed by atoms with Crippen molar-refractivity contribution < 1.29 is 19.4 Å². The van der Waals surface area contributed by atoms with Crippen molar-refractivity contribution in [2.24, 2.45) is 0 Å². The van der Waals surface area contributed by atoms with Crippen LogP contribution < -0.4 is 9.47 Å². The molecule has 0 fully saturated rings. The number of ether oxygens (including phenoxy) is 2. The number of methoxy groups -OCH3 is 1. The van der Waals surface area contributed by atoms with Gasteiger partial charge >= 0.3 is 5.97 Å². The summed E-state index contributed by atoms with van der Waals surface area (Å²) in [7, 11) is 1.55. The van der Waals surface area contributed by atoms with Gasteiger partial charge in [0.25, 0.3) is 0 Å². The Hall–Kier alpha value is -3.23. The van der Waals surface area contributed by atoms with E-state index in [4.69, 9.17) is 9.47 Å². The number of carbonyl (C=O) groups is 1. The second-order valence-electron chi connectivity index (χ2n) is 6.77. The van der Waals surface area contributed by atoms with Crippen LogP contribution in [-0.4, -0.2) is 28.2 Å². The molecule has 6 nitrogen and oxygen atoms in total. The van der Waals surface area contributed by atoms with E-state index in [1.807, 2.05) is 54.6 Å². The van der Waals surface area contributed by atoms with Crippen LogP contribution in [-0.2, 0) is 11.4 Å². The number of nitrogens with zero attached hydrogens (tertiary/aromatic N) is 1. The van der Waals surface area contributed by atoms with E-state index >= 15 is 0 Å². The van der Waals surface area contributed by atoms with Crippen molar-refractivity contribution in [2.45, 2.75) is 11.8 Å². The third kappa shape index (κ3) is 5.15. The van der Waals surface area contributed by atoms with Gasteiger partial charge in [0.1, 0.15) is 11.5 Å². The number of para-hydroxylation sites is 2. The molecule has 32 heavy (non-hydrogen) atoms. The van der Waals surface area contributed by atoms with Crippen LogP contribution >= 0.6 is 27.7 Å². The monoisotopic (exact) mass is 510 g/mol.